The number of amides is 3. The largest absolute Gasteiger partial charge is 0.426 e. The van der Waals surface area contributed by atoms with Gasteiger partial charge in [0.25, 0.3) is 0 Å². The van der Waals surface area contributed by atoms with Gasteiger partial charge in [-0.25, -0.2) is 4.90 Å². The summed E-state index contributed by atoms with van der Waals surface area (Å²) in [6.45, 7) is 0.177. The van der Waals surface area contributed by atoms with Crippen LogP contribution in [0.1, 0.15) is 25.7 Å². The molecule has 2 aromatic carbocycles. The van der Waals surface area contributed by atoms with Gasteiger partial charge in [0, 0.05) is 19.0 Å². The van der Waals surface area contributed by atoms with Crippen molar-refractivity contribution >= 4 is 46.7 Å². The fraction of sp³-hybridized carbons (Fsp3) is 0.385. The van der Waals surface area contributed by atoms with Crippen molar-refractivity contribution in [2.75, 3.05) is 16.3 Å². The third-order valence-corrected chi connectivity index (χ3v) is 8.14. The number of imide groups is 1. The van der Waals surface area contributed by atoms with E-state index in [0.717, 1.165) is 19.3 Å². The Kier molecular flexibility index (Phi) is 4.99. The topological polar surface area (TPSA) is 84.0 Å². The maximum absolute atomic E-state index is 13.1. The van der Waals surface area contributed by atoms with Gasteiger partial charge in [0.05, 0.1) is 34.2 Å². The Morgan fingerprint density at radius 2 is 1.65 bits per heavy atom. The van der Waals surface area contributed by atoms with E-state index in [-0.39, 0.29) is 48.3 Å². The molecule has 174 valence electrons. The fourth-order valence-electron chi connectivity index (χ4n) is 6.32. The molecule has 2 saturated carbocycles. The number of hydrogen-bond acceptors (Lipinski definition) is 5. The van der Waals surface area contributed by atoms with Crippen molar-refractivity contribution < 1.29 is 23.9 Å². The highest BCUT2D eigenvalue weighted by molar-refractivity contribution is 6.34. The van der Waals surface area contributed by atoms with Crippen LogP contribution < -0.4 is 14.5 Å². The number of rotatable bonds is 4. The van der Waals surface area contributed by atoms with E-state index in [2.05, 4.69) is 0 Å². The van der Waals surface area contributed by atoms with Gasteiger partial charge in [-0.1, -0.05) is 29.8 Å². The maximum Gasteiger partial charge on any atom is 0.316 e. The van der Waals surface area contributed by atoms with Crippen LogP contribution in [-0.2, 0) is 19.2 Å². The first kappa shape index (κ1) is 21.4. The monoisotopic (exact) mass is 478 g/mol. The average molecular weight is 479 g/mol. The molecular weight excluding hydrogens is 456 g/mol. The molecule has 2 aliphatic heterocycles. The van der Waals surface area contributed by atoms with Crippen LogP contribution in [0.2, 0.25) is 5.02 Å². The molecule has 0 spiro atoms. The number of carbonyl (C=O) groups is 4. The van der Waals surface area contributed by atoms with E-state index in [1.54, 1.807) is 48.5 Å². The van der Waals surface area contributed by atoms with Gasteiger partial charge in [0.2, 0.25) is 17.7 Å². The Bertz CT molecular complexity index is 1200. The number of halogens is 1. The Morgan fingerprint density at radius 1 is 0.941 bits per heavy atom. The van der Waals surface area contributed by atoms with Crippen LogP contribution in [0.15, 0.2) is 48.5 Å². The van der Waals surface area contributed by atoms with Crippen LogP contribution >= 0.6 is 11.6 Å². The van der Waals surface area contributed by atoms with Crippen molar-refractivity contribution in [1.29, 1.82) is 0 Å². The highest BCUT2D eigenvalue weighted by Crippen LogP contribution is 2.56. The molecule has 0 radical (unpaired) electrons. The van der Waals surface area contributed by atoms with Crippen LogP contribution in [0.25, 0.3) is 0 Å². The number of anilines is 2. The molecular formula is C26H23ClN2O5. The van der Waals surface area contributed by atoms with E-state index < -0.39 is 11.9 Å². The Labute approximate surface area is 201 Å². The number of fused-ring (bicyclic) bond motifs is 5. The lowest BCUT2D eigenvalue weighted by Crippen LogP contribution is -2.32. The summed E-state index contributed by atoms with van der Waals surface area (Å²) in [4.78, 5) is 54.4. The van der Waals surface area contributed by atoms with E-state index in [0.29, 0.717) is 28.2 Å². The first-order valence-corrected chi connectivity index (χ1v) is 12.0. The van der Waals surface area contributed by atoms with E-state index in [9.17, 15) is 19.2 Å². The van der Waals surface area contributed by atoms with Crippen molar-refractivity contribution in [3.63, 3.8) is 0 Å². The second-order valence-corrected chi connectivity index (χ2v) is 10.1. The molecule has 3 amide bonds. The van der Waals surface area contributed by atoms with Gasteiger partial charge < -0.3 is 9.64 Å². The van der Waals surface area contributed by atoms with Crippen LogP contribution in [0, 0.1) is 29.6 Å². The average Bonchev–Trinajstić information content (AvgIpc) is 3.58. The maximum atomic E-state index is 13.1. The summed E-state index contributed by atoms with van der Waals surface area (Å²) in [5.74, 6) is -1.21. The summed E-state index contributed by atoms with van der Waals surface area (Å²) >= 11 is 6.22. The second kappa shape index (κ2) is 7.94. The first-order valence-electron chi connectivity index (χ1n) is 11.7. The lowest BCUT2D eigenvalue weighted by Gasteiger charge is -2.19. The van der Waals surface area contributed by atoms with E-state index in [1.807, 2.05) is 0 Å². The summed E-state index contributed by atoms with van der Waals surface area (Å²) in [5, 5.41) is 0.440. The Balaban J connectivity index is 1.17. The molecule has 2 saturated heterocycles. The molecule has 34 heavy (non-hydrogen) atoms. The third-order valence-electron chi connectivity index (χ3n) is 7.82. The molecule has 6 rings (SSSR count). The number of carbonyl (C=O) groups excluding carboxylic acids is 4. The van der Waals surface area contributed by atoms with Crippen molar-refractivity contribution in [1.82, 2.24) is 0 Å². The van der Waals surface area contributed by atoms with Crippen LogP contribution in [0.4, 0.5) is 11.4 Å². The number of benzene rings is 2. The molecule has 7 nitrogen and oxygen atoms in total. The van der Waals surface area contributed by atoms with E-state index in [1.165, 1.54) is 9.80 Å². The molecule has 4 aliphatic rings. The van der Waals surface area contributed by atoms with E-state index in [4.69, 9.17) is 16.3 Å². The summed E-state index contributed by atoms with van der Waals surface area (Å²) in [6, 6.07) is 13.5. The predicted octanol–water partition coefficient (Wildman–Crippen LogP) is 3.83. The molecule has 0 aromatic heterocycles. The van der Waals surface area contributed by atoms with Crippen molar-refractivity contribution in [3.05, 3.63) is 53.6 Å². The molecule has 2 aliphatic carbocycles. The minimum absolute atomic E-state index is 0.0268. The normalized spacial score (nSPS) is 29.8. The van der Waals surface area contributed by atoms with Gasteiger partial charge in [-0.05, 0) is 55.4 Å². The van der Waals surface area contributed by atoms with Gasteiger partial charge in [-0.2, -0.15) is 0 Å². The number of nitrogens with zero attached hydrogens (tertiary/aromatic N) is 2. The highest BCUT2D eigenvalue weighted by Gasteiger charge is 2.61. The summed E-state index contributed by atoms with van der Waals surface area (Å²) in [7, 11) is 0. The van der Waals surface area contributed by atoms with Gasteiger partial charge in [0.1, 0.15) is 5.75 Å². The van der Waals surface area contributed by atoms with Crippen LogP contribution in [0.3, 0.4) is 0 Å². The lowest BCUT2D eigenvalue weighted by atomic mass is 9.81. The summed E-state index contributed by atoms with van der Waals surface area (Å²) in [5.41, 5.74) is 0.992. The molecule has 2 bridgehead atoms. The van der Waals surface area contributed by atoms with Gasteiger partial charge in [-0.15, -0.1) is 0 Å². The number of ether oxygens (including phenoxy) is 1. The van der Waals surface area contributed by atoms with E-state index >= 15 is 0 Å². The second-order valence-electron chi connectivity index (χ2n) is 9.67. The zero-order valence-corrected chi connectivity index (χ0v) is 19.1. The zero-order valence-electron chi connectivity index (χ0n) is 18.4. The minimum atomic E-state index is -0.641. The molecule has 0 unspecified atom stereocenters. The molecule has 5 atom stereocenters. The van der Waals surface area contributed by atoms with Crippen LogP contribution in [-0.4, -0.2) is 30.2 Å². The van der Waals surface area contributed by atoms with Gasteiger partial charge in [0.15, 0.2) is 0 Å². The highest BCUT2D eigenvalue weighted by atomic mass is 35.5. The Morgan fingerprint density at radius 3 is 2.35 bits per heavy atom. The molecule has 2 heterocycles. The molecule has 0 N–H and O–H groups in total. The van der Waals surface area contributed by atoms with Gasteiger partial charge >= 0.3 is 5.97 Å². The summed E-state index contributed by atoms with van der Waals surface area (Å²) in [6.07, 6.45) is 3.03. The quantitative estimate of drug-likeness (QED) is 0.379. The smallest absolute Gasteiger partial charge is 0.316 e. The third kappa shape index (κ3) is 3.25. The molecule has 2 aromatic rings. The van der Waals surface area contributed by atoms with Crippen molar-refractivity contribution in [3.8, 4) is 5.75 Å². The standard InChI is InChI=1S/C26H23ClN2O5/c27-19-6-1-2-7-20(19)28-13-16(11-21(28)30)26(33)34-18-5-3-4-17(12-18)29-24(31)22-14-8-9-15(10-14)23(22)25(29)32/h1-7,12,14-16,22-23H,8-11,13H2/t14-,15-,16-,22-,23+/m0/s1. The Hall–Kier alpha value is -3.19. The molecule has 8 heteroatoms. The number of esters is 1. The molecule has 4 fully saturated rings. The number of hydrogen-bond donors (Lipinski definition) is 0. The zero-order chi connectivity index (χ0) is 23.6. The number of para-hydroxylation sites is 1. The SMILES string of the molecule is O=C(Oc1cccc(N2C(=O)[C@@H]3[C@H]4CC[C@@H](C4)[C@@H]3C2=O)c1)[C@H]1CC(=O)N(c2ccccc2Cl)C1. The van der Waals surface area contributed by atoms with Crippen molar-refractivity contribution in [2.24, 2.45) is 29.6 Å². The lowest BCUT2D eigenvalue weighted by molar-refractivity contribution is -0.139. The fourth-order valence-corrected chi connectivity index (χ4v) is 6.56. The van der Waals surface area contributed by atoms with Crippen molar-refractivity contribution in [2.45, 2.75) is 25.7 Å². The first-order chi connectivity index (χ1) is 16.4. The van der Waals surface area contributed by atoms with Crippen LogP contribution in [0.5, 0.6) is 5.75 Å². The van der Waals surface area contributed by atoms with Gasteiger partial charge in [-0.3, -0.25) is 19.2 Å². The minimum Gasteiger partial charge on any atom is -0.426 e. The summed E-state index contributed by atoms with van der Waals surface area (Å²) < 4.78 is 5.58. The predicted molar refractivity (Wildman–Crippen MR) is 124 cm³/mol.